The largest absolute Gasteiger partial charge is 0.444 e. The number of nitrogens with zero attached hydrogens (tertiary/aromatic N) is 2. The molecule has 1 unspecified atom stereocenters. The number of aromatic nitrogens is 2. The second kappa shape index (κ2) is 7.86. The van der Waals surface area contributed by atoms with Crippen LogP contribution in [0, 0.1) is 0 Å². The van der Waals surface area contributed by atoms with Gasteiger partial charge in [-0.2, -0.15) is 0 Å². The second-order valence-electron chi connectivity index (χ2n) is 6.70. The third-order valence-corrected chi connectivity index (χ3v) is 4.80. The molecule has 0 spiro atoms. The minimum absolute atomic E-state index is 0.00624. The highest BCUT2D eigenvalue weighted by molar-refractivity contribution is 7.91. The summed E-state index contributed by atoms with van der Waals surface area (Å²) in [6.45, 7) is 6.73. The summed E-state index contributed by atoms with van der Waals surface area (Å²) < 4.78 is 34.4. The van der Waals surface area contributed by atoms with Gasteiger partial charge in [0.1, 0.15) is 11.6 Å². The molecule has 0 saturated carbocycles. The van der Waals surface area contributed by atoms with Gasteiger partial charge in [0.15, 0.2) is 0 Å². The van der Waals surface area contributed by atoms with Gasteiger partial charge in [-0.1, -0.05) is 42.4 Å². The van der Waals surface area contributed by atoms with Crippen LogP contribution in [0.1, 0.15) is 45.2 Å². The molecule has 2 rings (SSSR count). The zero-order valence-corrected chi connectivity index (χ0v) is 16.0. The number of benzene rings is 1. The van der Waals surface area contributed by atoms with E-state index in [1.807, 2.05) is 30.3 Å². The summed E-state index contributed by atoms with van der Waals surface area (Å²) in [6.07, 6.45) is -0.315. The van der Waals surface area contributed by atoms with Crippen molar-refractivity contribution in [1.82, 2.24) is 15.5 Å². The fourth-order valence-electron chi connectivity index (χ4n) is 2.11. The lowest BCUT2D eigenvalue weighted by atomic mass is 10.1. The van der Waals surface area contributed by atoms with Crippen LogP contribution in [0.4, 0.5) is 4.79 Å². The van der Waals surface area contributed by atoms with E-state index in [4.69, 9.17) is 9.15 Å². The molecule has 0 radical (unpaired) electrons. The Hall–Kier alpha value is -2.42. The number of rotatable bonds is 6. The lowest BCUT2D eigenvalue weighted by Gasteiger charge is -2.22. The molecule has 1 aromatic carbocycles. The molecule has 9 heteroatoms. The monoisotopic (exact) mass is 381 g/mol. The summed E-state index contributed by atoms with van der Waals surface area (Å²) in [5.74, 6) is -0.149. The molecule has 8 nitrogen and oxygen atoms in total. The van der Waals surface area contributed by atoms with Crippen molar-refractivity contribution in [2.24, 2.45) is 0 Å². The number of alkyl carbamates (subject to hydrolysis) is 1. The first-order valence-electron chi connectivity index (χ1n) is 8.20. The Bertz CT molecular complexity index is 841. The van der Waals surface area contributed by atoms with E-state index in [9.17, 15) is 13.2 Å². The van der Waals surface area contributed by atoms with Gasteiger partial charge in [0.25, 0.3) is 0 Å². The highest BCUT2D eigenvalue weighted by Crippen LogP contribution is 2.20. The van der Waals surface area contributed by atoms with Crippen LogP contribution in [0.15, 0.2) is 40.0 Å². The van der Waals surface area contributed by atoms with Crippen molar-refractivity contribution in [2.45, 2.75) is 51.0 Å². The number of amides is 1. The Morgan fingerprint density at radius 1 is 1.23 bits per heavy atom. The van der Waals surface area contributed by atoms with E-state index in [1.54, 1.807) is 20.8 Å². The van der Waals surface area contributed by atoms with E-state index < -0.39 is 32.8 Å². The van der Waals surface area contributed by atoms with Gasteiger partial charge in [0.2, 0.25) is 15.7 Å². The Morgan fingerprint density at radius 2 is 1.88 bits per heavy atom. The summed E-state index contributed by atoms with van der Waals surface area (Å²) in [6, 6.07) is 8.63. The fourth-order valence-corrected chi connectivity index (χ4v) is 2.73. The molecule has 0 bridgehead atoms. The van der Waals surface area contributed by atoms with E-state index in [0.717, 1.165) is 5.56 Å². The number of sulfone groups is 1. The molecule has 1 heterocycles. The molecule has 2 aromatic rings. The summed E-state index contributed by atoms with van der Waals surface area (Å²) in [5, 5.41) is 9.63. The Kier molecular flexibility index (Phi) is 6.01. The average Bonchev–Trinajstić information content (AvgIpc) is 3.04. The Labute approximate surface area is 152 Å². The maximum Gasteiger partial charge on any atom is 0.408 e. The van der Waals surface area contributed by atoms with Gasteiger partial charge in [-0.15, -0.1) is 5.10 Å². The van der Waals surface area contributed by atoms with Crippen LogP contribution in [0.5, 0.6) is 0 Å². The van der Waals surface area contributed by atoms with Crippen molar-refractivity contribution in [3.8, 4) is 0 Å². The predicted octanol–water partition coefficient (Wildman–Crippen LogP) is 2.67. The molecular weight excluding hydrogens is 358 g/mol. The molecule has 1 N–H and O–H groups in total. The summed E-state index contributed by atoms with van der Waals surface area (Å²) in [4.78, 5) is 12.2. The van der Waals surface area contributed by atoms with Gasteiger partial charge in [-0.25, -0.2) is 13.2 Å². The summed E-state index contributed by atoms with van der Waals surface area (Å²) in [7, 11) is -3.63. The molecule has 0 fully saturated rings. The van der Waals surface area contributed by atoms with Gasteiger partial charge in [0.05, 0.1) is 5.75 Å². The normalized spacial score (nSPS) is 13.2. The zero-order chi connectivity index (χ0) is 19.4. The van der Waals surface area contributed by atoms with Crippen molar-refractivity contribution >= 4 is 15.9 Å². The first kappa shape index (κ1) is 19.9. The van der Waals surface area contributed by atoms with Crippen LogP contribution >= 0.6 is 0 Å². The first-order valence-corrected chi connectivity index (χ1v) is 9.85. The number of nitrogens with one attached hydrogen (secondary N) is 1. The smallest absolute Gasteiger partial charge is 0.408 e. The van der Waals surface area contributed by atoms with Gasteiger partial charge in [-0.3, -0.25) is 0 Å². The highest BCUT2D eigenvalue weighted by Gasteiger charge is 2.27. The van der Waals surface area contributed by atoms with E-state index in [0.29, 0.717) is 6.42 Å². The number of hydrogen-bond donors (Lipinski definition) is 1. The van der Waals surface area contributed by atoms with E-state index >= 15 is 0 Å². The molecule has 1 amide bonds. The van der Waals surface area contributed by atoms with Gasteiger partial charge >= 0.3 is 11.3 Å². The first-order chi connectivity index (χ1) is 12.1. The number of carbonyl (C=O) groups excluding carboxylic acids is 1. The molecule has 142 valence electrons. The average molecular weight is 381 g/mol. The summed E-state index contributed by atoms with van der Waals surface area (Å²) in [5.41, 5.74) is 0.235. The van der Waals surface area contributed by atoms with Crippen molar-refractivity contribution in [3.05, 3.63) is 41.8 Å². The molecule has 1 aromatic heterocycles. The van der Waals surface area contributed by atoms with Crippen molar-refractivity contribution in [1.29, 1.82) is 0 Å². The van der Waals surface area contributed by atoms with Crippen molar-refractivity contribution in [2.75, 3.05) is 5.75 Å². The quantitative estimate of drug-likeness (QED) is 0.818. The van der Waals surface area contributed by atoms with Gasteiger partial charge in [0, 0.05) is 6.42 Å². The maximum absolute atomic E-state index is 12.2. The molecule has 0 aliphatic rings. The van der Waals surface area contributed by atoms with Crippen molar-refractivity contribution in [3.63, 3.8) is 0 Å². The van der Waals surface area contributed by atoms with E-state index in [2.05, 4.69) is 15.5 Å². The Balaban J connectivity index is 2.27. The third kappa shape index (κ3) is 5.55. The molecule has 0 aliphatic carbocycles. The predicted molar refractivity (Wildman–Crippen MR) is 94.3 cm³/mol. The molecule has 26 heavy (non-hydrogen) atoms. The standard InChI is InChI=1S/C17H23N3O5S/c1-5-26(22,23)16-20-19-14(24-16)13(11-12-9-7-6-8-10-12)18-15(21)25-17(2,3)4/h6-10,13H,5,11H2,1-4H3,(H,18,21). The second-order valence-corrected chi connectivity index (χ2v) is 8.85. The van der Waals surface area contributed by atoms with Crippen LogP contribution in [0.25, 0.3) is 0 Å². The van der Waals surface area contributed by atoms with Crippen LogP contribution < -0.4 is 5.32 Å². The minimum atomic E-state index is -3.63. The fraction of sp³-hybridized carbons (Fsp3) is 0.471. The zero-order valence-electron chi connectivity index (χ0n) is 15.2. The molecule has 0 aliphatic heterocycles. The lowest BCUT2D eigenvalue weighted by Crippen LogP contribution is -2.36. The van der Waals surface area contributed by atoms with Crippen LogP contribution in [-0.4, -0.2) is 36.1 Å². The van der Waals surface area contributed by atoms with Crippen LogP contribution in [0.3, 0.4) is 0 Å². The molecule has 0 saturated heterocycles. The van der Waals surface area contributed by atoms with E-state index in [1.165, 1.54) is 6.92 Å². The highest BCUT2D eigenvalue weighted by atomic mass is 32.2. The third-order valence-electron chi connectivity index (χ3n) is 3.34. The SMILES string of the molecule is CCS(=O)(=O)c1nnc(C(Cc2ccccc2)NC(=O)OC(C)(C)C)o1. The van der Waals surface area contributed by atoms with Crippen LogP contribution in [0.2, 0.25) is 0 Å². The number of hydrogen-bond acceptors (Lipinski definition) is 7. The molecular formula is C17H23N3O5S. The Morgan fingerprint density at radius 3 is 2.46 bits per heavy atom. The maximum atomic E-state index is 12.2. The molecule has 1 atom stereocenters. The van der Waals surface area contributed by atoms with Crippen molar-refractivity contribution < 1.29 is 22.4 Å². The topological polar surface area (TPSA) is 111 Å². The van der Waals surface area contributed by atoms with Gasteiger partial charge in [-0.05, 0) is 26.3 Å². The van der Waals surface area contributed by atoms with Crippen LogP contribution in [-0.2, 0) is 21.0 Å². The van der Waals surface area contributed by atoms with E-state index in [-0.39, 0.29) is 11.6 Å². The number of ether oxygens (including phenoxy) is 1. The van der Waals surface area contributed by atoms with Gasteiger partial charge < -0.3 is 14.5 Å². The summed E-state index contributed by atoms with van der Waals surface area (Å²) >= 11 is 0. The lowest BCUT2D eigenvalue weighted by molar-refractivity contribution is 0.0494. The number of carbonyl (C=O) groups is 1. The minimum Gasteiger partial charge on any atom is -0.444 e.